The van der Waals surface area contributed by atoms with Gasteiger partial charge in [0.25, 0.3) is 11.6 Å². The number of nitro benzene ring substituents is 1. The van der Waals surface area contributed by atoms with Gasteiger partial charge >= 0.3 is 0 Å². The molecule has 7 heteroatoms. The molecule has 0 bridgehead atoms. The molecular formula is C19H18ClN3O3. The number of fused-ring (bicyclic) bond motifs is 1. The smallest absolute Gasteiger partial charge is 0.270 e. The number of aromatic nitrogens is 1. The van der Waals surface area contributed by atoms with Gasteiger partial charge in [-0.05, 0) is 23.8 Å². The molecule has 3 aromatic rings. The maximum atomic E-state index is 12.6. The van der Waals surface area contributed by atoms with E-state index in [1.165, 1.54) is 12.1 Å². The third kappa shape index (κ3) is 3.55. The minimum atomic E-state index is -0.476. The zero-order chi connectivity index (χ0) is 18.9. The van der Waals surface area contributed by atoms with E-state index < -0.39 is 4.92 Å². The van der Waals surface area contributed by atoms with Crippen LogP contribution in [0.2, 0.25) is 5.02 Å². The molecular weight excluding hydrogens is 354 g/mol. The average molecular weight is 372 g/mol. The number of nitro groups is 1. The third-order valence-corrected chi connectivity index (χ3v) is 4.65. The summed E-state index contributed by atoms with van der Waals surface area (Å²) < 4.78 is 0. The van der Waals surface area contributed by atoms with E-state index >= 15 is 0 Å². The van der Waals surface area contributed by atoms with Crippen LogP contribution >= 0.6 is 11.6 Å². The molecule has 2 N–H and O–H groups in total. The average Bonchev–Trinajstić information content (AvgIpc) is 3.03. The standard InChI is InChI=1S/C19H18ClN3O3/c1-19(2,12-4-3-5-13(20)8-12)11-22-18(24)16-10-21-17-7-6-14(23(25)26)9-15(16)17/h3-10,21H,11H2,1-2H3,(H,22,24). The number of H-pyrrole nitrogens is 1. The molecule has 0 aliphatic carbocycles. The van der Waals surface area contributed by atoms with E-state index in [2.05, 4.69) is 10.3 Å². The second kappa shape index (κ2) is 6.80. The van der Waals surface area contributed by atoms with Crippen molar-refractivity contribution in [2.24, 2.45) is 0 Å². The molecule has 6 nitrogen and oxygen atoms in total. The lowest BCUT2D eigenvalue weighted by molar-refractivity contribution is -0.384. The number of nitrogens with zero attached hydrogens (tertiary/aromatic N) is 1. The number of benzene rings is 2. The van der Waals surface area contributed by atoms with Gasteiger partial charge in [0.2, 0.25) is 0 Å². The number of hydrogen-bond acceptors (Lipinski definition) is 3. The lowest BCUT2D eigenvalue weighted by atomic mass is 9.84. The molecule has 26 heavy (non-hydrogen) atoms. The Morgan fingerprint density at radius 3 is 2.73 bits per heavy atom. The number of carbonyl (C=O) groups excluding carboxylic acids is 1. The van der Waals surface area contributed by atoms with Crippen molar-refractivity contribution in [2.45, 2.75) is 19.3 Å². The molecule has 0 atom stereocenters. The molecule has 0 saturated carbocycles. The Hall–Kier alpha value is -2.86. The molecule has 0 aliphatic rings. The van der Waals surface area contributed by atoms with Crippen LogP contribution in [0.25, 0.3) is 10.9 Å². The molecule has 0 fully saturated rings. The van der Waals surface area contributed by atoms with Crippen LogP contribution in [0, 0.1) is 10.1 Å². The van der Waals surface area contributed by atoms with Gasteiger partial charge in [-0.2, -0.15) is 0 Å². The van der Waals surface area contributed by atoms with Crippen LogP contribution in [0.3, 0.4) is 0 Å². The number of rotatable bonds is 5. The first-order valence-corrected chi connectivity index (χ1v) is 8.45. The molecule has 134 valence electrons. The molecule has 1 aromatic heterocycles. The van der Waals surface area contributed by atoms with Crippen molar-refractivity contribution in [1.29, 1.82) is 0 Å². The summed E-state index contributed by atoms with van der Waals surface area (Å²) >= 11 is 6.05. The molecule has 1 heterocycles. The number of hydrogen-bond donors (Lipinski definition) is 2. The van der Waals surface area contributed by atoms with Crippen molar-refractivity contribution in [2.75, 3.05) is 6.54 Å². The van der Waals surface area contributed by atoms with Gasteiger partial charge in [0.05, 0.1) is 10.5 Å². The van der Waals surface area contributed by atoms with E-state index in [9.17, 15) is 14.9 Å². The Bertz CT molecular complexity index is 995. The quantitative estimate of drug-likeness (QED) is 0.513. The fraction of sp³-hybridized carbons (Fsp3) is 0.211. The van der Waals surface area contributed by atoms with E-state index in [0.29, 0.717) is 28.0 Å². The fourth-order valence-corrected chi connectivity index (χ4v) is 3.01. The summed E-state index contributed by atoms with van der Waals surface area (Å²) in [6, 6.07) is 11.9. The van der Waals surface area contributed by atoms with E-state index in [1.54, 1.807) is 18.3 Å². The first kappa shape index (κ1) is 17.9. The summed E-state index contributed by atoms with van der Waals surface area (Å²) in [7, 11) is 0. The van der Waals surface area contributed by atoms with Gasteiger partial charge in [0.15, 0.2) is 0 Å². The van der Waals surface area contributed by atoms with Gasteiger partial charge in [0, 0.05) is 46.2 Å². The van der Waals surface area contributed by atoms with Crippen LogP contribution in [0.4, 0.5) is 5.69 Å². The van der Waals surface area contributed by atoms with Crippen LogP contribution in [0.1, 0.15) is 29.8 Å². The molecule has 0 radical (unpaired) electrons. The van der Waals surface area contributed by atoms with Crippen LogP contribution in [0.15, 0.2) is 48.7 Å². The number of nitrogens with one attached hydrogen (secondary N) is 2. The van der Waals surface area contributed by atoms with Crippen molar-refractivity contribution in [1.82, 2.24) is 10.3 Å². The van der Waals surface area contributed by atoms with Crippen LogP contribution in [0.5, 0.6) is 0 Å². The van der Waals surface area contributed by atoms with Gasteiger partial charge in [-0.25, -0.2) is 0 Å². The monoisotopic (exact) mass is 371 g/mol. The zero-order valence-electron chi connectivity index (χ0n) is 14.4. The lowest BCUT2D eigenvalue weighted by Crippen LogP contribution is -2.36. The van der Waals surface area contributed by atoms with Gasteiger partial charge in [0.1, 0.15) is 0 Å². The van der Waals surface area contributed by atoms with Gasteiger partial charge in [-0.15, -0.1) is 0 Å². The van der Waals surface area contributed by atoms with Crippen molar-refractivity contribution >= 4 is 34.1 Å². The van der Waals surface area contributed by atoms with Crippen LogP contribution in [-0.4, -0.2) is 22.4 Å². The molecule has 2 aromatic carbocycles. The van der Waals surface area contributed by atoms with Crippen molar-refractivity contribution < 1.29 is 9.72 Å². The lowest BCUT2D eigenvalue weighted by Gasteiger charge is -2.25. The number of aromatic amines is 1. The van der Waals surface area contributed by atoms with Crippen molar-refractivity contribution in [3.63, 3.8) is 0 Å². The summed E-state index contributed by atoms with van der Waals surface area (Å²) in [5.74, 6) is -0.285. The number of amides is 1. The minimum absolute atomic E-state index is 0.0505. The summed E-state index contributed by atoms with van der Waals surface area (Å²) in [5, 5.41) is 15.1. The molecule has 0 spiro atoms. The Balaban J connectivity index is 1.81. The predicted molar refractivity (Wildman–Crippen MR) is 102 cm³/mol. The SMILES string of the molecule is CC(C)(CNC(=O)c1c[nH]c2ccc([N+](=O)[O-])cc12)c1cccc(Cl)c1. The second-order valence-corrected chi connectivity index (χ2v) is 7.20. The molecule has 0 saturated heterocycles. The summed E-state index contributed by atoms with van der Waals surface area (Å²) in [4.78, 5) is 26.1. The maximum Gasteiger partial charge on any atom is 0.270 e. The van der Waals surface area contributed by atoms with Crippen molar-refractivity contribution in [3.05, 3.63) is 74.9 Å². The highest BCUT2D eigenvalue weighted by molar-refractivity contribution is 6.30. The van der Waals surface area contributed by atoms with Crippen LogP contribution < -0.4 is 5.32 Å². The fourth-order valence-electron chi connectivity index (χ4n) is 2.82. The third-order valence-electron chi connectivity index (χ3n) is 4.42. The Labute approximate surface area is 155 Å². The zero-order valence-corrected chi connectivity index (χ0v) is 15.1. The van der Waals surface area contributed by atoms with Gasteiger partial charge in [-0.1, -0.05) is 37.6 Å². The Morgan fingerprint density at radius 1 is 1.27 bits per heavy atom. The largest absolute Gasteiger partial charge is 0.360 e. The highest BCUT2D eigenvalue weighted by Crippen LogP contribution is 2.26. The first-order valence-electron chi connectivity index (χ1n) is 8.08. The Morgan fingerprint density at radius 2 is 2.04 bits per heavy atom. The van der Waals surface area contributed by atoms with Gasteiger partial charge in [-0.3, -0.25) is 14.9 Å². The highest BCUT2D eigenvalue weighted by Gasteiger charge is 2.23. The molecule has 3 rings (SSSR count). The first-order chi connectivity index (χ1) is 12.3. The van der Waals surface area contributed by atoms with Gasteiger partial charge < -0.3 is 10.3 Å². The summed E-state index contributed by atoms with van der Waals surface area (Å²) in [6.07, 6.45) is 1.57. The van der Waals surface area contributed by atoms with E-state index in [-0.39, 0.29) is 17.0 Å². The Kier molecular flexibility index (Phi) is 4.70. The molecule has 0 aliphatic heterocycles. The number of halogens is 1. The molecule has 1 amide bonds. The van der Waals surface area contributed by atoms with E-state index in [4.69, 9.17) is 11.6 Å². The second-order valence-electron chi connectivity index (χ2n) is 6.77. The highest BCUT2D eigenvalue weighted by atomic mass is 35.5. The molecule has 0 unspecified atom stereocenters. The normalized spacial score (nSPS) is 11.5. The topological polar surface area (TPSA) is 88.0 Å². The maximum absolute atomic E-state index is 12.6. The van der Waals surface area contributed by atoms with E-state index in [1.807, 2.05) is 32.0 Å². The van der Waals surface area contributed by atoms with Crippen molar-refractivity contribution in [3.8, 4) is 0 Å². The van der Waals surface area contributed by atoms with Crippen LogP contribution in [-0.2, 0) is 5.41 Å². The summed E-state index contributed by atoms with van der Waals surface area (Å²) in [6.45, 7) is 4.42. The number of non-ortho nitro benzene ring substituents is 1. The minimum Gasteiger partial charge on any atom is -0.360 e. The summed E-state index contributed by atoms with van der Waals surface area (Å²) in [5.41, 5.74) is 1.70. The predicted octanol–water partition coefficient (Wildman–Crippen LogP) is 4.44. The van der Waals surface area contributed by atoms with E-state index in [0.717, 1.165) is 5.56 Å². The number of carbonyl (C=O) groups is 1.